The van der Waals surface area contributed by atoms with Crippen LogP contribution in [0.4, 0.5) is 0 Å². The van der Waals surface area contributed by atoms with E-state index in [1.165, 1.54) is 18.4 Å². The molecule has 0 amide bonds. The van der Waals surface area contributed by atoms with Crippen LogP contribution in [0.5, 0.6) is 5.75 Å². The Bertz CT molecular complexity index is 576. The van der Waals surface area contributed by atoms with E-state index in [0.717, 1.165) is 29.4 Å². The van der Waals surface area contributed by atoms with Crippen LogP contribution in [0.15, 0.2) is 48.5 Å². The third-order valence-electron chi connectivity index (χ3n) is 3.94. The summed E-state index contributed by atoms with van der Waals surface area (Å²) < 4.78 is 5.82. The Morgan fingerprint density at radius 3 is 2.71 bits per heavy atom. The van der Waals surface area contributed by atoms with Crippen LogP contribution in [0.1, 0.15) is 29.9 Å². The highest BCUT2D eigenvalue weighted by atomic mass is 35.5. The molecule has 3 heteroatoms. The summed E-state index contributed by atoms with van der Waals surface area (Å²) in [4.78, 5) is 0. The second kappa shape index (κ2) is 6.97. The molecule has 1 heterocycles. The van der Waals surface area contributed by atoms with Crippen molar-refractivity contribution in [3.8, 4) is 5.75 Å². The fraction of sp³-hybridized carbons (Fsp3) is 0.333. The molecule has 2 nitrogen and oxygen atoms in total. The maximum absolute atomic E-state index is 5.97. The highest BCUT2D eigenvalue weighted by molar-refractivity contribution is 6.30. The first-order valence-electron chi connectivity index (χ1n) is 7.49. The average molecular weight is 302 g/mol. The molecule has 3 rings (SSSR count). The maximum atomic E-state index is 5.97. The minimum atomic E-state index is 0.547. The molecule has 1 saturated heterocycles. The van der Waals surface area contributed by atoms with Crippen LogP contribution in [0, 0.1) is 0 Å². The fourth-order valence-corrected chi connectivity index (χ4v) is 2.98. The van der Waals surface area contributed by atoms with Crippen LogP contribution in [0.2, 0.25) is 5.02 Å². The van der Waals surface area contributed by atoms with Gasteiger partial charge in [-0.15, -0.1) is 0 Å². The summed E-state index contributed by atoms with van der Waals surface area (Å²) in [6, 6.07) is 16.3. The molecule has 2 aromatic carbocycles. The molecule has 2 aromatic rings. The van der Waals surface area contributed by atoms with Crippen molar-refractivity contribution in [1.82, 2.24) is 5.32 Å². The standard InChI is InChI=1S/C18H20ClNO/c19-17-5-1-3-14(11-17)13-21-18-8-6-15(7-9-18)16-4-2-10-20-12-16/h1,3,5-9,11,16,20H,2,4,10,12-13H2. The maximum Gasteiger partial charge on any atom is 0.119 e. The number of hydrogen-bond donors (Lipinski definition) is 1. The zero-order valence-electron chi connectivity index (χ0n) is 12.0. The monoisotopic (exact) mass is 301 g/mol. The summed E-state index contributed by atoms with van der Waals surface area (Å²) >= 11 is 5.97. The summed E-state index contributed by atoms with van der Waals surface area (Å²) in [6.45, 7) is 2.78. The van der Waals surface area contributed by atoms with E-state index < -0.39 is 0 Å². The van der Waals surface area contributed by atoms with Crippen molar-refractivity contribution in [2.45, 2.75) is 25.4 Å². The van der Waals surface area contributed by atoms with E-state index in [0.29, 0.717) is 12.5 Å². The van der Waals surface area contributed by atoms with E-state index in [2.05, 4.69) is 29.6 Å². The molecule has 1 fully saturated rings. The Balaban J connectivity index is 1.59. The van der Waals surface area contributed by atoms with Crippen molar-refractivity contribution in [3.05, 3.63) is 64.7 Å². The topological polar surface area (TPSA) is 21.3 Å². The molecule has 1 atom stereocenters. The van der Waals surface area contributed by atoms with Gasteiger partial charge in [-0.1, -0.05) is 35.9 Å². The molecule has 0 saturated carbocycles. The Hall–Kier alpha value is -1.51. The number of benzene rings is 2. The first-order valence-corrected chi connectivity index (χ1v) is 7.87. The Morgan fingerprint density at radius 1 is 1.14 bits per heavy atom. The van der Waals surface area contributed by atoms with Crippen molar-refractivity contribution in [2.75, 3.05) is 13.1 Å². The first-order chi connectivity index (χ1) is 10.3. The minimum Gasteiger partial charge on any atom is -0.489 e. The molecule has 0 bridgehead atoms. The van der Waals surface area contributed by atoms with Crippen LogP contribution >= 0.6 is 11.6 Å². The predicted molar refractivity (Wildman–Crippen MR) is 87.1 cm³/mol. The first kappa shape index (κ1) is 14.4. The van der Waals surface area contributed by atoms with Gasteiger partial charge in [-0.25, -0.2) is 0 Å². The third-order valence-corrected chi connectivity index (χ3v) is 4.18. The van der Waals surface area contributed by atoms with Gasteiger partial charge in [0.25, 0.3) is 0 Å². The van der Waals surface area contributed by atoms with Crippen LogP contribution in [0.3, 0.4) is 0 Å². The van der Waals surface area contributed by atoms with Gasteiger partial charge in [0.05, 0.1) is 0 Å². The highest BCUT2D eigenvalue weighted by Gasteiger charge is 2.14. The van der Waals surface area contributed by atoms with Gasteiger partial charge in [0.1, 0.15) is 12.4 Å². The van der Waals surface area contributed by atoms with E-state index in [4.69, 9.17) is 16.3 Å². The second-order valence-corrected chi connectivity index (χ2v) is 5.97. The average Bonchev–Trinajstić information content (AvgIpc) is 2.54. The van der Waals surface area contributed by atoms with Gasteiger partial charge in [-0.2, -0.15) is 0 Å². The van der Waals surface area contributed by atoms with Gasteiger partial charge >= 0.3 is 0 Å². The SMILES string of the molecule is Clc1cccc(COc2ccc(C3CCCNC3)cc2)c1. The van der Waals surface area contributed by atoms with Crippen molar-refractivity contribution < 1.29 is 4.74 Å². The quantitative estimate of drug-likeness (QED) is 0.904. The summed E-state index contributed by atoms with van der Waals surface area (Å²) in [5.74, 6) is 1.54. The van der Waals surface area contributed by atoms with Crippen LogP contribution in [-0.2, 0) is 6.61 Å². The molecule has 0 aromatic heterocycles. The van der Waals surface area contributed by atoms with E-state index in [1.54, 1.807) is 0 Å². The van der Waals surface area contributed by atoms with E-state index in [1.807, 2.05) is 24.3 Å². The van der Waals surface area contributed by atoms with Crippen molar-refractivity contribution in [1.29, 1.82) is 0 Å². The number of nitrogens with one attached hydrogen (secondary N) is 1. The van der Waals surface area contributed by atoms with Crippen molar-refractivity contribution >= 4 is 11.6 Å². The van der Waals surface area contributed by atoms with E-state index in [9.17, 15) is 0 Å². The third kappa shape index (κ3) is 3.99. The van der Waals surface area contributed by atoms with Gasteiger partial charge in [0.2, 0.25) is 0 Å². The number of rotatable bonds is 4. The lowest BCUT2D eigenvalue weighted by Gasteiger charge is -2.23. The minimum absolute atomic E-state index is 0.547. The molecular formula is C18H20ClNO. The molecular weight excluding hydrogens is 282 g/mol. The van der Waals surface area contributed by atoms with Crippen molar-refractivity contribution in [3.63, 3.8) is 0 Å². The van der Waals surface area contributed by atoms with Crippen molar-refractivity contribution in [2.24, 2.45) is 0 Å². The molecule has 1 unspecified atom stereocenters. The zero-order chi connectivity index (χ0) is 14.5. The molecule has 21 heavy (non-hydrogen) atoms. The Labute approximate surface area is 131 Å². The van der Waals surface area contributed by atoms with E-state index >= 15 is 0 Å². The molecule has 1 aliphatic heterocycles. The number of halogens is 1. The molecule has 1 aliphatic rings. The smallest absolute Gasteiger partial charge is 0.119 e. The second-order valence-electron chi connectivity index (χ2n) is 5.53. The van der Waals surface area contributed by atoms with Crippen LogP contribution in [0.25, 0.3) is 0 Å². The zero-order valence-corrected chi connectivity index (χ0v) is 12.8. The van der Waals surface area contributed by atoms with Crippen LogP contribution in [-0.4, -0.2) is 13.1 Å². The lowest BCUT2D eigenvalue weighted by molar-refractivity contribution is 0.306. The van der Waals surface area contributed by atoms with Gasteiger partial charge in [-0.05, 0) is 60.7 Å². The lowest BCUT2D eigenvalue weighted by Crippen LogP contribution is -2.28. The summed E-state index contributed by atoms with van der Waals surface area (Å²) in [7, 11) is 0. The molecule has 0 radical (unpaired) electrons. The summed E-state index contributed by atoms with van der Waals surface area (Å²) in [6.07, 6.45) is 2.54. The highest BCUT2D eigenvalue weighted by Crippen LogP contribution is 2.25. The normalized spacial score (nSPS) is 18.4. The number of piperidine rings is 1. The van der Waals surface area contributed by atoms with E-state index in [-0.39, 0.29) is 0 Å². The molecule has 0 spiro atoms. The Morgan fingerprint density at radius 2 is 2.00 bits per heavy atom. The molecule has 1 N–H and O–H groups in total. The lowest BCUT2D eigenvalue weighted by atomic mass is 9.92. The van der Waals surface area contributed by atoms with Crippen LogP contribution < -0.4 is 10.1 Å². The van der Waals surface area contributed by atoms with Gasteiger partial charge in [0, 0.05) is 11.6 Å². The fourth-order valence-electron chi connectivity index (χ4n) is 2.77. The number of ether oxygens (including phenoxy) is 1. The largest absolute Gasteiger partial charge is 0.489 e. The number of hydrogen-bond acceptors (Lipinski definition) is 2. The summed E-state index contributed by atoms with van der Waals surface area (Å²) in [5.41, 5.74) is 2.49. The van der Waals surface area contributed by atoms with Gasteiger partial charge in [0.15, 0.2) is 0 Å². The molecule has 110 valence electrons. The summed E-state index contributed by atoms with van der Waals surface area (Å²) in [5, 5.41) is 4.20. The molecule has 0 aliphatic carbocycles. The van der Waals surface area contributed by atoms with Gasteiger partial charge in [-0.3, -0.25) is 0 Å². The Kier molecular flexibility index (Phi) is 4.79. The van der Waals surface area contributed by atoms with Gasteiger partial charge < -0.3 is 10.1 Å². The predicted octanol–water partition coefficient (Wildman–Crippen LogP) is 4.39.